The van der Waals surface area contributed by atoms with Gasteiger partial charge in [-0.2, -0.15) is 0 Å². The number of carbonyl (C=O) groups is 3. The molecule has 0 aliphatic carbocycles. The molecule has 0 aromatic rings. The van der Waals surface area contributed by atoms with Crippen LogP contribution in [0.5, 0.6) is 0 Å². The number of amides is 2. The number of nitrogens with zero attached hydrogens (tertiary/aromatic N) is 1. The predicted octanol–water partition coefficient (Wildman–Crippen LogP) is 1.08. The molecule has 0 bridgehead atoms. The molecular weight excluding hydrogens is 264 g/mol. The third kappa shape index (κ3) is 6.40. The van der Waals surface area contributed by atoms with Gasteiger partial charge in [-0.15, -0.1) is 0 Å². The highest BCUT2D eigenvalue weighted by Gasteiger charge is 2.33. The lowest BCUT2D eigenvalue weighted by atomic mass is 9.87. The normalized spacial score (nSPS) is 12.4. The number of aliphatic carboxylic acids is 1. The smallest absolute Gasteiger partial charge is 0.326 e. The zero-order chi connectivity index (χ0) is 15.9. The third-order valence-corrected chi connectivity index (χ3v) is 2.68. The molecule has 2 N–H and O–H groups in total. The molecule has 0 aliphatic heterocycles. The number of carbonyl (C=O) groups excluding carboxylic acids is 2. The number of nitrogens with one attached hydrogen (secondary N) is 1. The number of hydrogen-bond donors (Lipinski definition) is 2. The Morgan fingerprint density at radius 1 is 1.30 bits per heavy atom. The summed E-state index contributed by atoms with van der Waals surface area (Å²) in [5.41, 5.74) is -0.608. The van der Waals surface area contributed by atoms with Gasteiger partial charge < -0.3 is 20.1 Å². The molecule has 116 valence electrons. The summed E-state index contributed by atoms with van der Waals surface area (Å²) in [7, 11) is 1.50. The summed E-state index contributed by atoms with van der Waals surface area (Å²) in [6, 6.07) is -1.53. The van der Waals surface area contributed by atoms with Crippen molar-refractivity contribution < 1.29 is 24.2 Å². The molecule has 20 heavy (non-hydrogen) atoms. The van der Waals surface area contributed by atoms with Gasteiger partial charge in [0.1, 0.15) is 6.04 Å². The van der Waals surface area contributed by atoms with Crippen molar-refractivity contribution in [1.29, 1.82) is 0 Å². The van der Waals surface area contributed by atoms with Crippen molar-refractivity contribution >= 4 is 18.0 Å². The molecule has 0 radical (unpaired) electrons. The number of hydrogen-bond acceptors (Lipinski definition) is 4. The summed E-state index contributed by atoms with van der Waals surface area (Å²) in [4.78, 5) is 35.5. The number of ether oxygens (including phenoxy) is 1. The minimum absolute atomic E-state index is 0.0744. The lowest BCUT2D eigenvalue weighted by molar-refractivity contribution is -0.144. The van der Waals surface area contributed by atoms with Crippen LogP contribution in [0.2, 0.25) is 0 Å². The van der Waals surface area contributed by atoms with E-state index in [1.807, 2.05) is 0 Å². The highest BCUT2D eigenvalue weighted by molar-refractivity contribution is 5.83. The van der Waals surface area contributed by atoms with Crippen LogP contribution in [0.25, 0.3) is 0 Å². The van der Waals surface area contributed by atoms with E-state index in [2.05, 4.69) is 5.32 Å². The molecule has 0 aromatic heterocycles. The van der Waals surface area contributed by atoms with E-state index in [0.29, 0.717) is 6.61 Å². The summed E-state index contributed by atoms with van der Waals surface area (Å²) in [5.74, 6) is -1.48. The standard InChI is InChI=1S/C13H24N2O5/c1-6-20-9(16)7-8-15(5)12(19)14-10(11(17)18)13(2,3)4/h10H,6-8H2,1-5H3,(H,14,19)(H,17,18)/t10-/m1/s1. The molecule has 0 saturated carbocycles. The second-order valence-corrected chi connectivity index (χ2v) is 5.56. The quantitative estimate of drug-likeness (QED) is 0.713. The third-order valence-electron chi connectivity index (χ3n) is 2.68. The van der Waals surface area contributed by atoms with Crippen molar-refractivity contribution in [1.82, 2.24) is 10.2 Å². The van der Waals surface area contributed by atoms with Gasteiger partial charge in [0.25, 0.3) is 0 Å². The number of urea groups is 1. The molecule has 0 rings (SSSR count). The van der Waals surface area contributed by atoms with E-state index in [9.17, 15) is 14.4 Å². The lowest BCUT2D eigenvalue weighted by Gasteiger charge is -2.29. The minimum atomic E-state index is -1.09. The van der Waals surface area contributed by atoms with Gasteiger partial charge in [0.05, 0.1) is 13.0 Å². The average molecular weight is 288 g/mol. The first-order chi connectivity index (χ1) is 9.09. The van der Waals surface area contributed by atoms with Crippen molar-refractivity contribution in [3.05, 3.63) is 0 Å². The molecule has 7 heteroatoms. The summed E-state index contributed by atoms with van der Waals surface area (Å²) in [6.07, 6.45) is 0.0744. The Bertz CT molecular complexity index is 362. The topological polar surface area (TPSA) is 95.9 Å². The van der Waals surface area contributed by atoms with Crippen LogP contribution in [0.1, 0.15) is 34.1 Å². The molecule has 0 spiro atoms. The molecule has 0 heterocycles. The van der Waals surface area contributed by atoms with Crippen molar-refractivity contribution in [2.45, 2.75) is 40.2 Å². The van der Waals surface area contributed by atoms with Crippen LogP contribution in [-0.4, -0.2) is 54.2 Å². The first-order valence-corrected chi connectivity index (χ1v) is 6.49. The van der Waals surface area contributed by atoms with Gasteiger partial charge >= 0.3 is 18.0 Å². The highest BCUT2D eigenvalue weighted by Crippen LogP contribution is 2.19. The van der Waals surface area contributed by atoms with Crippen molar-refractivity contribution in [3.8, 4) is 0 Å². The SMILES string of the molecule is CCOC(=O)CCN(C)C(=O)N[C@H](C(=O)O)C(C)(C)C. The predicted molar refractivity (Wildman–Crippen MR) is 73.3 cm³/mol. The van der Waals surface area contributed by atoms with Gasteiger partial charge in [-0.3, -0.25) is 4.79 Å². The first kappa shape index (κ1) is 18.2. The Labute approximate surface area is 119 Å². The molecule has 7 nitrogen and oxygen atoms in total. The summed E-state index contributed by atoms with van der Waals surface area (Å²) in [6.45, 7) is 7.34. The summed E-state index contributed by atoms with van der Waals surface area (Å²) >= 11 is 0. The zero-order valence-electron chi connectivity index (χ0n) is 12.7. The Morgan fingerprint density at radius 3 is 2.25 bits per heavy atom. The zero-order valence-corrected chi connectivity index (χ0v) is 12.7. The molecule has 0 fully saturated rings. The second-order valence-electron chi connectivity index (χ2n) is 5.56. The minimum Gasteiger partial charge on any atom is -0.480 e. The fraction of sp³-hybridized carbons (Fsp3) is 0.769. The number of rotatable bonds is 6. The van der Waals surface area contributed by atoms with Gasteiger partial charge in [0.15, 0.2) is 0 Å². The Kier molecular flexibility index (Phi) is 7.02. The molecule has 2 amide bonds. The fourth-order valence-electron chi connectivity index (χ4n) is 1.48. The largest absolute Gasteiger partial charge is 0.480 e. The first-order valence-electron chi connectivity index (χ1n) is 6.49. The molecule has 0 aliphatic rings. The van der Waals surface area contributed by atoms with E-state index in [0.717, 1.165) is 0 Å². The lowest BCUT2D eigenvalue weighted by Crippen LogP contribution is -2.52. The Morgan fingerprint density at radius 2 is 1.85 bits per heavy atom. The fourth-order valence-corrected chi connectivity index (χ4v) is 1.48. The number of carboxylic acid groups (broad SMARTS) is 1. The van der Waals surface area contributed by atoms with Crippen LogP contribution in [0.4, 0.5) is 4.79 Å². The van der Waals surface area contributed by atoms with Crippen LogP contribution in [-0.2, 0) is 14.3 Å². The van der Waals surface area contributed by atoms with Crippen molar-refractivity contribution in [2.75, 3.05) is 20.2 Å². The van der Waals surface area contributed by atoms with Gasteiger partial charge in [0, 0.05) is 13.6 Å². The van der Waals surface area contributed by atoms with Crippen LogP contribution < -0.4 is 5.32 Å². The maximum Gasteiger partial charge on any atom is 0.326 e. The molecular formula is C13H24N2O5. The Balaban J connectivity index is 4.44. The van der Waals surface area contributed by atoms with E-state index in [1.54, 1.807) is 27.7 Å². The van der Waals surface area contributed by atoms with E-state index < -0.39 is 29.4 Å². The van der Waals surface area contributed by atoms with E-state index in [1.165, 1.54) is 11.9 Å². The maximum atomic E-state index is 11.9. The summed E-state index contributed by atoms with van der Waals surface area (Å²) < 4.78 is 4.75. The number of carboxylic acids is 1. The van der Waals surface area contributed by atoms with Crippen molar-refractivity contribution in [3.63, 3.8) is 0 Å². The van der Waals surface area contributed by atoms with Gasteiger partial charge in [-0.1, -0.05) is 20.8 Å². The van der Waals surface area contributed by atoms with Crippen LogP contribution in [0.15, 0.2) is 0 Å². The molecule has 0 saturated heterocycles. The van der Waals surface area contributed by atoms with Gasteiger partial charge in [-0.25, -0.2) is 9.59 Å². The highest BCUT2D eigenvalue weighted by atomic mass is 16.5. The molecule has 0 unspecified atom stereocenters. The summed E-state index contributed by atoms with van der Waals surface area (Å²) in [5, 5.41) is 11.6. The van der Waals surface area contributed by atoms with Crippen LogP contribution in [0.3, 0.4) is 0 Å². The van der Waals surface area contributed by atoms with Crippen molar-refractivity contribution in [2.24, 2.45) is 5.41 Å². The van der Waals surface area contributed by atoms with Gasteiger partial charge in [-0.05, 0) is 12.3 Å². The molecule has 0 aromatic carbocycles. The van der Waals surface area contributed by atoms with E-state index in [4.69, 9.17) is 9.84 Å². The monoisotopic (exact) mass is 288 g/mol. The van der Waals surface area contributed by atoms with Crippen LogP contribution in [0, 0.1) is 5.41 Å². The molecule has 1 atom stereocenters. The van der Waals surface area contributed by atoms with E-state index in [-0.39, 0.29) is 13.0 Å². The number of esters is 1. The van der Waals surface area contributed by atoms with Gasteiger partial charge in [0.2, 0.25) is 0 Å². The average Bonchev–Trinajstić information content (AvgIpc) is 2.31. The van der Waals surface area contributed by atoms with Crippen LogP contribution >= 0.6 is 0 Å². The Hall–Kier alpha value is -1.79. The maximum absolute atomic E-state index is 11.9. The second kappa shape index (κ2) is 7.72. The van der Waals surface area contributed by atoms with E-state index >= 15 is 0 Å².